The molecule has 13 nitrogen and oxygen atoms in total. The van der Waals surface area contributed by atoms with Crippen LogP contribution >= 0.6 is 0 Å². The van der Waals surface area contributed by atoms with Crippen LogP contribution in [0.4, 0.5) is 10.5 Å². The number of nitrogens with zero attached hydrogens (tertiary/aromatic N) is 2. The van der Waals surface area contributed by atoms with E-state index in [0.29, 0.717) is 33.6 Å². The fourth-order valence-electron chi connectivity index (χ4n) is 9.05. The lowest BCUT2D eigenvalue weighted by atomic mass is 9.65. The van der Waals surface area contributed by atoms with Gasteiger partial charge in [-0.1, -0.05) is 90.7 Å². The van der Waals surface area contributed by atoms with Crippen molar-refractivity contribution < 1.29 is 48.0 Å². The number of amides is 3. The van der Waals surface area contributed by atoms with Crippen molar-refractivity contribution in [2.45, 2.75) is 29.6 Å². The Hall–Kier alpha value is -6.98. The third-order valence-corrected chi connectivity index (χ3v) is 11.5. The molecule has 0 radical (unpaired) electrons. The Balaban J connectivity index is 1.44. The number of rotatable bonds is 11. The predicted molar refractivity (Wildman–Crippen MR) is 222 cm³/mol. The van der Waals surface area contributed by atoms with Crippen LogP contribution in [0.25, 0.3) is 0 Å². The Morgan fingerprint density at radius 3 is 2.11 bits per heavy atom. The number of morpholine rings is 1. The van der Waals surface area contributed by atoms with Crippen molar-refractivity contribution in [2.24, 2.45) is 11.7 Å². The number of para-hydroxylation sites is 1. The molecule has 2 fully saturated rings. The summed E-state index contributed by atoms with van der Waals surface area (Å²) in [5.41, 5.74) is 7.61. The van der Waals surface area contributed by atoms with Gasteiger partial charge in [-0.05, 0) is 65.2 Å². The number of carbonyl (C=O) groups excluding carboxylic acids is 4. The average molecular weight is 822 g/mol. The van der Waals surface area contributed by atoms with Gasteiger partial charge in [0.2, 0.25) is 11.8 Å². The number of nitrogens with two attached hydrogens (primary N) is 1. The summed E-state index contributed by atoms with van der Waals surface area (Å²) in [7, 11) is 3.02. The van der Waals surface area contributed by atoms with E-state index in [1.165, 1.54) is 7.11 Å². The number of carbonyl (C=O) groups is 4. The average Bonchev–Trinajstić information content (AvgIpc) is 3.74. The van der Waals surface area contributed by atoms with Gasteiger partial charge < -0.3 is 34.5 Å². The maximum absolute atomic E-state index is 16.0. The minimum atomic E-state index is -2.10. The smallest absolute Gasteiger partial charge is 0.421 e. The van der Waals surface area contributed by atoms with E-state index in [1.54, 1.807) is 73.8 Å². The second-order valence-corrected chi connectivity index (χ2v) is 14.7. The monoisotopic (exact) mass is 821 g/mol. The van der Waals surface area contributed by atoms with Gasteiger partial charge in [0.15, 0.2) is 0 Å². The number of aliphatic hydroxyl groups is 1. The number of imide groups is 1. The number of aliphatic hydroxyl groups excluding tert-OH is 1. The number of primary amides is 1. The normalized spacial score (nSPS) is 22.7. The molecule has 2 saturated heterocycles. The van der Waals surface area contributed by atoms with E-state index in [1.807, 2.05) is 65.6 Å². The lowest BCUT2D eigenvalue weighted by Gasteiger charge is -2.46. The SMILES string of the molecule is COCCOC(=O)N1C(=O)[C@@]2(c3cc(C#Cc4ccc(OC)cc4)ccc31)[C@H](C(N)=O)[C@H]1C(=O)O[C@H](c3ccccc3)[C@H](c3ccccc3)N1[C@@H]2c1ccccc1OCCO. The van der Waals surface area contributed by atoms with Crippen molar-refractivity contribution in [3.05, 3.63) is 161 Å². The van der Waals surface area contributed by atoms with Gasteiger partial charge in [-0.3, -0.25) is 19.3 Å². The minimum Gasteiger partial charge on any atom is -0.497 e. The molecule has 61 heavy (non-hydrogen) atoms. The Kier molecular flexibility index (Phi) is 11.6. The highest BCUT2D eigenvalue weighted by atomic mass is 16.6. The number of fused-ring (bicyclic) bond motifs is 3. The van der Waals surface area contributed by atoms with Crippen molar-refractivity contribution in [1.82, 2.24) is 4.90 Å². The molecule has 5 aromatic rings. The molecule has 6 atom stereocenters. The molecule has 0 aromatic heterocycles. The van der Waals surface area contributed by atoms with Crippen LogP contribution in [0.2, 0.25) is 0 Å². The highest BCUT2D eigenvalue weighted by Crippen LogP contribution is 2.66. The van der Waals surface area contributed by atoms with E-state index in [-0.39, 0.29) is 43.4 Å². The van der Waals surface area contributed by atoms with Crippen molar-refractivity contribution >= 4 is 29.6 Å². The first kappa shape index (κ1) is 40.8. The van der Waals surface area contributed by atoms with Gasteiger partial charge in [-0.25, -0.2) is 9.69 Å². The number of hydrogen-bond donors (Lipinski definition) is 2. The van der Waals surface area contributed by atoms with Gasteiger partial charge in [-0.15, -0.1) is 0 Å². The third-order valence-electron chi connectivity index (χ3n) is 11.5. The molecule has 3 heterocycles. The lowest BCUT2D eigenvalue weighted by Crippen LogP contribution is -2.55. The molecule has 3 amide bonds. The highest BCUT2D eigenvalue weighted by molar-refractivity contribution is 6.23. The number of hydrogen-bond acceptors (Lipinski definition) is 11. The molecular formula is C48H43N3O10. The summed E-state index contributed by atoms with van der Waals surface area (Å²) in [6, 6.07) is 34.1. The third kappa shape index (κ3) is 7.14. The first-order valence-corrected chi connectivity index (χ1v) is 19.7. The van der Waals surface area contributed by atoms with E-state index in [0.717, 1.165) is 4.90 Å². The molecule has 0 bridgehead atoms. The number of esters is 1. The molecule has 13 heteroatoms. The number of ether oxygens (including phenoxy) is 5. The van der Waals surface area contributed by atoms with Crippen LogP contribution in [0, 0.1) is 17.8 Å². The van der Waals surface area contributed by atoms with Crippen molar-refractivity contribution in [1.29, 1.82) is 0 Å². The summed E-state index contributed by atoms with van der Waals surface area (Å²) in [4.78, 5) is 62.3. The maximum Gasteiger partial charge on any atom is 0.421 e. The van der Waals surface area contributed by atoms with Crippen LogP contribution in [-0.4, -0.2) is 80.6 Å². The summed E-state index contributed by atoms with van der Waals surface area (Å²) >= 11 is 0. The van der Waals surface area contributed by atoms with Gasteiger partial charge in [0, 0.05) is 23.8 Å². The zero-order chi connectivity index (χ0) is 42.7. The number of methoxy groups -OCH3 is 2. The van der Waals surface area contributed by atoms with E-state index in [2.05, 4.69) is 11.8 Å². The summed E-state index contributed by atoms with van der Waals surface area (Å²) < 4.78 is 28.6. The molecule has 310 valence electrons. The van der Waals surface area contributed by atoms with Crippen LogP contribution in [0.15, 0.2) is 127 Å². The largest absolute Gasteiger partial charge is 0.497 e. The van der Waals surface area contributed by atoms with Crippen LogP contribution in [-0.2, 0) is 34.0 Å². The molecule has 0 saturated carbocycles. The van der Waals surface area contributed by atoms with Crippen molar-refractivity contribution in [3.63, 3.8) is 0 Å². The molecule has 0 aliphatic carbocycles. The maximum atomic E-state index is 16.0. The number of benzene rings is 5. The summed E-state index contributed by atoms with van der Waals surface area (Å²) in [5, 5.41) is 9.93. The molecule has 3 aliphatic heterocycles. The van der Waals surface area contributed by atoms with Gasteiger partial charge in [0.25, 0.3) is 0 Å². The lowest BCUT2D eigenvalue weighted by molar-refractivity contribution is -0.178. The molecular weight excluding hydrogens is 779 g/mol. The standard InChI is InChI=1S/C48H43N3O10/c1-57-27-28-60-47(56)50-37-24-21-31(18-17-30-19-22-34(58-2)23-20-30)29-36(37)48(46(50)55)39(44(49)53)41-45(54)61-42(33-13-7-4-8-14-33)40(32-11-5-3-6-12-32)51(41)43(48)35-15-9-10-16-38(35)59-26-25-52/h3-16,19-24,29,39-43,52H,25-28H2,1-2H3,(H2,49,53)/t39-,40-,41-,42+,43+,48-/m0/s1. The molecule has 1 spiro atoms. The second kappa shape index (κ2) is 17.3. The highest BCUT2D eigenvalue weighted by Gasteiger charge is 2.75. The second-order valence-electron chi connectivity index (χ2n) is 14.7. The van der Waals surface area contributed by atoms with E-state index in [9.17, 15) is 19.5 Å². The first-order valence-electron chi connectivity index (χ1n) is 19.7. The number of anilines is 1. The fraction of sp³-hybridized carbons (Fsp3) is 0.250. The van der Waals surface area contributed by atoms with Crippen LogP contribution in [0.5, 0.6) is 11.5 Å². The number of cyclic esters (lactones) is 1. The predicted octanol–water partition coefficient (Wildman–Crippen LogP) is 5.40. The van der Waals surface area contributed by atoms with Crippen molar-refractivity contribution in [3.8, 4) is 23.3 Å². The van der Waals surface area contributed by atoms with Gasteiger partial charge in [0.1, 0.15) is 42.3 Å². The molecule has 8 rings (SSSR count). The molecule has 0 unspecified atom stereocenters. The molecule has 5 aromatic carbocycles. The van der Waals surface area contributed by atoms with E-state index < -0.39 is 59.4 Å². The Labute approximate surface area is 352 Å². The van der Waals surface area contributed by atoms with Gasteiger partial charge in [-0.2, -0.15) is 0 Å². The molecule has 3 aliphatic rings. The van der Waals surface area contributed by atoms with E-state index in [4.69, 9.17) is 29.4 Å². The summed E-state index contributed by atoms with van der Waals surface area (Å²) in [5.74, 6) is 3.04. The Morgan fingerprint density at radius 1 is 0.787 bits per heavy atom. The van der Waals surface area contributed by atoms with Gasteiger partial charge >= 0.3 is 12.1 Å². The molecule has 3 N–H and O–H groups in total. The van der Waals surface area contributed by atoms with Gasteiger partial charge in [0.05, 0.1) is 44.0 Å². The van der Waals surface area contributed by atoms with Crippen molar-refractivity contribution in [2.75, 3.05) is 45.5 Å². The van der Waals surface area contributed by atoms with Crippen LogP contribution in [0.3, 0.4) is 0 Å². The van der Waals surface area contributed by atoms with Crippen LogP contribution in [0.1, 0.15) is 51.6 Å². The quantitative estimate of drug-likeness (QED) is 0.0996. The topological polar surface area (TPSA) is 167 Å². The minimum absolute atomic E-state index is 0.0507. The zero-order valence-corrected chi connectivity index (χ0v) is 33.4. The Bertz CT molecular complexity index is 2500. The Morgan fingerprint density at radius 2 is 1.44 bits per heavy atom. The summed E-state index contributed by atoms with van der Waals surface area (Å²) in [6.07, 6.45) is -1.95. The van der Waals surface area contributed by atoms with E-state index >= 15 is 4.79 Å². The fourth-order valence-corrected chi connectivity index (χ4v) is 9.05. The summed E-state index contributed by atoms with van der Waals surface area (Å²) in [6.45, 7) is -0.559. The van der Waals surface area contributed by atoms with Crippen LogP contribution < -0.4 is 20.1 Å². The first-order chi connectivity index (χ1) is 29.7. The zero-order valence-electron chi connectivity index (χ0n) is 33.4.